The molecule has 4 rings (SSSR count). The van der Waals surface area contributed by atoms with E-state index in [1.165, 1.54) is 51.4 Å². The minimum absolute atomic E-state index is 0.215. The van der Waals surface area contributed by atoms with Crippen LogP contribution in [-0.2, 0) is 11.2 Å². The van der Waals surface area contributed by atoms with Gasteiger partial charge in [-0.2, -0.15) is 0 Å². The van der Waals surface area contributed by atoms with Crippen LogP contribution in [0.25, 0.3) is 0 Å². The van der Waals surface area contributed by atoms with Crippen LogP contribution < -0.4 is 4.90 Å². The Kier molecular flexibility index (Phi) is 12.4. The molecule has 2 bridgehead atoms. The van der Waals surface area contributed by atoms with Crippen LogP contribution in [0.4, 0.5) is 5.69 Å². The Morgan fingerprint density at radius 2 is 1.56 bits per heavy atom. The van der Waals surface area contributed by atoms with Gasteiger partial charge in [-0.1, -0.05) is 66.0 Å². The van der Waals surface area contributed by atoms with Crippen LogP contribution in [0.5, 0.6) is 0 Å². The Morgan fingerprint density at radius 1 is 0.923 bits per heavy atom. The highest BCUT2D eigenvalue weighted by atomic mass is 35.5. The number of aliphatic carboxylic acids is 1. The van der Waals surface area contributed by atoms with Crippen molar-refractivity contribution in [3.63, 3.8) is 0 Å². The molecule has 3 aliphatic rings. The summed E-state index contributed by atoms with van der Waals surface area (Å²) in [7, 11) is 0. The largest absolute Gasteiger partial charge is 0.481 e. The second-order valence-corrected chi connectivity index (χ2v) is 14.6. The lowest BCUT2D eigenvalue weighted by molar-refractivity contribution is -0.137. The second-order valence-electron chi connectivity index (χ2n) is 13.9. The van der Waals surface area contributed by atoms with Gasteiger partial charge in [0, 0.05) is 37.0 Å². The molecule has 1 aromatic rings. The minimum atomic E-state index is -0.743. The molecule has 3 saturated carbocycles. The van der Waals surface area contributed by atoms with Crippen molar-refractivity contribution in [1.29, 1.82) is 0 Å². The summed E-state index contributed by atoms with van der Waals surface area (Å²) < 4.78 is 0. The Hall–Kier alpha value is -0.930. The van der Waals surface area contributed by atoms with Gasteiger partial charge < -0.3 is 10.0 Å². The molecule has 0 radical (unpaired) electrons. The lowest BCUT2D eigenvalue weighted by Gasteiger charge is -2.57. The van der Waals surface area contributed by atoms with Gasteiger partial charge in [0.2, 0.25) is 0 Å². The number of aryl methyl sites for hydroxylation is 1. The molecule has 0 aliphatic heterocycles. The minimum Gasteiger partial charge on any atom is -0.481 e. The van der Waals surface area contributed by atoms with Crippen molar-refractivity contribution in [3.05, 3.63) is 29.8 Å². The average molecular weight is 581 g/mol. The number of carbonyl (C=O) groups is 1. The van der Waals surface area contributed by atoms with Crippen molar-refractivity contribution < 1.29 is 9.90 Å². The van der Waals surface area contributed by atoms with Crippen LogP contribution in [0.2, 0.25) is 0 Å². The molecule has 0 unspecified atom stereocenters. The zero-order valence-corrected chi connectivity index (χ0v) is 26.9. The van der Waals surface area contributed by atoms with E-state index < -0.39 is 5.97 Å². The molecule has 0 spiro atoms. The van der Waals surface area contributed by atoms with Gasteiger partial charge in [-0.25, -0.2) is 0 Å². The van der Waals surface area contributed by atoms with Gasteiger partial charge >= 0.3 is 5.97 Å². The fourth-order valence-corrected chi connectivity index (χ4v) is 8.97. The van der Waals surface area contributed by atoms with Gasteiger partial charge in [0.05, 0.1) is 0 Å². The van der Waals surface area contributed by atoms with Gasteiger partial charge in [0.15, 0.2) is 0 Å². The van der Waals surface area contributed by atoms with E-state index >= 15 is 0 Å². The van der Waals surface area contributed by atoms with Gasteiger partial charge in [-0.15, -0.1) is 23.2 Å². The van der Waals surface area contributed by atoms with E-state index in [4.69, 9.17) is 28.3 Å². The third-order valence-electron chi connectivity index (χ3n) is 11.1. The Morgan fingerprint density at radius 3 is 2.18 bits per heavy atom. The van der Waals surface area contributed by atoms with Gasteiger partial charge in [-0.05, 0) is 103 Å². The second kappa shape index (κ2) is 14.8. The van der Waals surface area contributed by atoms with Crippen molar-refractivity contribution in [2.75, 3.05) is 29.7 Å². The van der Waals surface area contributed by atoms with E-state index in [1.807, 2.05) is 24.3 Å². The van der Waals surface area contributed by atoms with E-state index in [0.717, 1.165) is 60.4 Å². The summed E-state index contributed by atoms with van der Waals surface area (Å²) in [5.74, 6) is 5.31. The summed E-state index contributed by atoms with van der Waals surface area (Å²) in [6.45, 7) is 14.5. The van der Waals surface area contributed by atoms with E-state index in [9.17, 15) is 4.79 Å². The predicted molar refractivity (Wildman–Crippen MR) is 168 cm³/mol. The van der Waals surface area contributed by atoms with Crippen LogP contribution >= 0.6 is 23.2 Å². The first kappa shape index (κ1) is 32.6. The Labute approximate surface area is 249 Å². The molecule has 0 amide bonds. The highest BCUT2D eigenvalue weighted by Gasteiger charge is 2.50. The highest BCUT2D eigenvalue weighted by molar-refractivity contribution is 6.18. The van der Waals surface area contributed by atoms with Crippen LogP contribution in [-0.4, -0.2) is 35.9 Å². The van der Waals surface area contributed by atoms with Crippen LogP contribution in [0.15, 0.2) is 24.3 Å². The molecule has 0 aromatic heterocycles. The molecule has 222 valence electrons. The number of halogens is 2. The van der Waals surface area contributed by atoms with Gasteiger partial charge in [0.25, 0.3) is 0 Å². The number of alkyl halides is 2. The molecule has 6 atom stereocenters. The molecular weight excluding hydrogens is 525 g/mol. The fourth-order valence-electron chi connectivity index (χ4n) is 8.56. The first-order valence-electron chi connectivity index (χ1n) is 15.7. The smallest absolute Gasteiger partial charge is 0.303 e. The average Bonchev–Trinajstić information content (AvgIpc) is 2.87. The zero-order chi connectivity index (χ0) is 28.6. The summed E-state index contributed by atoms with van der Waals surface area (Å²) in [5.41, 5.74) is 3.52. The number of hydrogen-bond acceptors (Lipinski definition) is 2. The number of hydrogen-bond donors (Lipinski definition) is 1. The van der Waals surface area contributed by atoms with Crippen molar-refractivity contribution in [2.24, 2.45) is 40.4 Å². The topological polar surface area (TPSA) is 40.5 Å². The Balaban J connectivity index is 0.000000216. The summed E-state index contributed by atoms with van der Waals surface area (Å²) in [5, 5.41) is 8.59. The molecule has 3 nitrogen and oxygen atoms in total. The first-order valence-corrected chi connectivity index (χ1v) is 16.8. The molecule has 3 fully saturated rings. The molecule has 1 N–H and O–H groups in total. The van der Waals surface area contributed by atoms with Crippen LogP contribution in [0.3, 0.4) is 0 Å². The third kappa shape index (κ3) is 8.54. The van der Waals surface area contributed by atoms with Crippen molar-refractivity contribution >= 4 is 34.9 Å². The quantitative estimate of drug-likeness (QED) is 0.296. The number of carboxylic acid groups (broad SMARTS) is 1. The van der Waals surface area contributed by atoms with E-state index in [1.54, 1.807) is 0 Å². The maximum Gasteiger partial charge on any atom is 0.303 e. The highest BCUT2D eigenvalue weighted by Crippen LogP contribution is 2.60. The van der Waals surface area contributed by atoms with Crippen molar-refractivity contribution in [3.8, 4) is 0 Å². The maximum atomic E-state index is 10.4. The fraction of sp³-hybridized carbons (Fsp3) is 0.794. The molecule has 39 heavy (non-hydrogen) atoms. The number of rotatable bonds is 9. The van der Waals surface area contributed by atoms with Crippen LogP contribution in [0, 0.1) is 40.4 Å². The lowest BCUT2D eigenvalue weighted by Crippen LogP contribution is -2.48. The van der Waals surface area contributed by atoms with Gasteiger partial charge in [-0.3, -0.25) is 4.79 Å². The number of anilines is 1. The zero-order valence-electron chi connectivity index (χ0n) is 25.4. The van der Waals surface area contributed by atoms with Crippen LogP contribution in [0.1, 0.15) is 104 Å². The molecule has 5 heteroatoms. The number of nitrogens with zero attached hydrogens (tertiary/aromatic N) is 1. The van der Waals surface area contributed by atoms with E-state index in [2.05, 4.69) is 39.5 Å². The predicted octanol–water partition coefficient (Wildman–Crippen LogP) is 9.68. The molecule has 0 saturated heterocycles. The number of fused-ring (bicyclic) bond motifs is 3. The molecular formula is C34H55Cl2NO2. The first-order chi connectivity index (χ1) is 18.5. The Bertz CT molecular complexity index is 882. The molecule has 0 heterocycles. The third-order valence-corrected chi connectivity index (χ3v) is 11.4. The van der Waals surface area contributed by atoms with Crippen molar-refractivity contribution in [1.82, 2.24) is 0 Å². The molecule has 1 aromatic carbocycles. The standard InChI is InChI=1S/C20H36.C14H19Cl2NO2/c1-14-7-6-11-20(5)12-10-17-15(2)8-9-16(13-18(14)20)19(17,3)4;15-8-10-17(11-9-16)13-6-4-12(5-7-13)2-1-3-14(18)19/h14-18H,6-13H2,1-5H3;4-7H,1-3,8-11H2,(H,18,19)/t14-,15-,16+,17+,18-,20+;/m1./s1. The normalized spacial score (nSPS) is 31.6. The summed E-state index contributed by atoms with van der Waals surface area (Å²) in [6.07, 6.45) is 13.7. The summed E-state index contributed by atoms with van der Waals surface area (Å²) in [4.78, 5) is 12.6. The van der Waals surface area contributed by atoms with Gasteiger partial charge in [0.1, 0.15) is 0 Å². The number of carboxylic acids is 1. The van der Waals surface area contributed by atoms with E-state index in [0.29, 0.717) is 29.0 Å². The maximum absolute atomic E-state index is 10.4. The summed E-state index contributed by atoms with van der Waals surface area (Å²) >= 11 is 11.5. The number of benzene rings is 1. The monoisotopic (exact) mass is 579 g/mol. The lowest BCUT2D eigenvalue weighted by atomic mass is 9.48. The van der Waals surface area contributed by atoms with Crippen molar-refractivity contribution in [2.45, 2.75) is 105 Å². The molecule has 3 aliphatic carbocycles. The van der Waals surface area contributed by atoms with E-state index in [-0.39, 0.29) is 6.42 Å². The SMILES string of the molecule is C[C@@H]1CCC[C@@]2(C)CC[C@H]3[C@H](C)CC[C@@H](C[C@H]12)C3(C)C.O=C(O)CCCc1ccc(N(CCCl)CCCl)cc1. The summed E-state index contributed by atoms with van der Waals surface area (Å²) in [6, 6.07) is 8.14.